The third-order valence-corrected chi connectivity index (χ3v) is 7.35. The largest absolute Gasteiger partial charge is 0.375 e. The smallest absolute Gasteiger partial charge is 0.368 e. The molecule has 4 heterocycles. The number of ether oxygens (including phenoxy) is 1. The first-order valence-corrected chi connectivity index (χ1v) is 11.7. The first-order valence-electron chi connectivity index (χ1n) is 10.8. The summed E-state index contributed by atoms with van der Waals surface area (Å²) in [6, 6.07) is 3.62. The van der Waals surface area contributed by atoms with Gasteiger partial charge in [0.25, 0.3) is 5.91 Å². The number of halogens is 2. The molecule has 1 fully saturated rings. The molecule has 9 nitrogen and oxygen atoms in total. The Labute approximate surface area is 200 Å². The van der Waals surface area contributed by atoms with Crippen LogP contribution >= 0.6 is 11.3 Å². The van der Waals surface area contributed by atoms with E-state index in [9.17, 15) is 13.6 Å². The number of anilines is 1. The molecule has 3 N–H and O–H groups in total. The lowest BCUT2D eigenvalue weighted by Gasteiger charge is -2.36. The van der Waals surface area contributed by atoms with Gasteiger partial charge in [0.1, 0.15) is 5.82 Å². The number of carbonyl (C=O) groups excluding carboxylic acids is 1. The molecule has 2 aromatic heterocycles. The molecule has 0 aliphatic carbocycles. The highest BCUT2D eigenvalue weighted by atomic mass is 32.1. The summed E-state index contributed by atoms with van der Waals surface area (Å²) in [6.07, 6.45) is 1.18. The van der Waals surface area contributed by atoms with Crippen molar-refractivity contribution in [2.45, 2.75) is 25.5 Å². The van der Waals surface area contributed by atoms with Crippen LogP contribution in [0, 0.1) is 5.41 Å². The van der Waals surface area contributed by atoms with Crippen molar-refractivity contribution in [3.63, 3.8) is 0 Å². The van der Waals surface area contributed by atoms with Gasteiger partial charge in [0, 0.05) is 44.0 Å². The van der Waals surface area contributed by atoms with Crippen LogP contribution in [0.2, 0.25) is 0 Å². The van der Waals surface area contributed by atoms with Crippen LogP contribution in [0.5, 0.6) is 0 Å². The summed E-state index contributed by atoms with van der Waals surface area (Å²) in [5.41, 5.74) is 0.725. The summed E-state index contributed by atoms with van der Waals surface area (Å²) in [6.45, 7) is 4.58. The minimum atomic E-state index is -3.15. The predicted octanol–water partition coefficient (Wildman–Crippen LogP) is 2.94. The number of carbonyl (C=O) groups is 1. The van der Waals surface area contributed by atoms with Crippen LogP contribution in [0.25, 0.3) is 10.6 Å². The molecule has 0 atom stereocenters. The molecule has 0 saturated carbocycles. The van der Waals surface area contributed by atoms with Crippen molar-refractivity contribution in [2.75, 3.05) is 45.2 Å². The number of nitrogens with one attached hydrogen (secondary N) is 3. The van der Waals surface area contributed by atoms with Gasteiger partial charge in [0.05, 0.1) is 34.8 Å². The van der Waals surface area contributed by atoms with Crippen LogP contribution in [0.1, 0.15) is 29.1 Å². The van der Waals surface area contributed by atoms with Crippen LogP contribution in [0.15, 0.2) is 30.2 Å². The maximum Gasteiger partial charge on any atom is 0.368 e. The number of morpholine rings is 1. The molecule has 0 radical (unpaired) electrons. The monoisotopic (exact) mass is 491 g/mol. The van der Waals surface area contributed by atoms with E-state index < -0.39 is 18.2 Å². The lowest BCUT2D eigenvalue weighted by Crippen LogP contribution is -2.50. The maximum atomic E-state index is 13.5. The molecule has 182 valence electrons. The molecule has 1 amide bonds. The van der Waals surface area contributed by atoms with Crippen LogP contribution < -0.4 is 10.6 Å². The van der Waals surface area contributed by atoms with Crippen molar-refractivity contribution in [1.29, 1.82) is 5.41 Å². The Morgan fingerprint density at radius 2 is 2.18 bits per heavy atom. The third-order valence-electron chi connectivity index (χ3n) is 5.88. The van der Waals surface area contributed by atoms with Gasteiger partial charge in [-0.2, -0.15) is 8.78 Å². The van der Waals surface area contributed by atoms with Crippen LogP contribution in [0.4, 0.5) is 14.7 Å². The molecule has 34 heavy (non-hydrogen) atoms. The highest BCUT2D eigenvalue weighted by Gasteiger charge is 2.45. The molecule has 0 unspecified atom stereocenters. The maximum absolute atomic E-state index is 13.5. The van der Waals surface area contributed by atoms with Crippen LogP contribution in [0.3, 0.4) is 0 Å². The molecule has 12 heteroatoms. The van der Waals surface area contributed by atoms with Crippen molar-refractivity contribution >= 4 is 29.4 Å². The van der Waals surface area contributed by atoms with Gasteiger partial charge in [-0.05, 0) is 32.1 Å². The fourth-order valence-electron chi connectivity index (χ4n) is 4.12. The second kappa shape index (κ2) is 9.35. The lowest BCUT2D eigenvalue weighted by atomic mass is 10.0. The number of aromatic nitrogens is 2. The van der Waals surface area contributed by atoms with Crippen molar-refractivity contribution in [1.82, 2.24) is 25.1 Å². The van der Waals surface area contributed by atoms with Gasteiger partial charge in [0.15, 0.2) is 0 Å². The minimum absolute atomic E-state index is 0.0240. The molecule has 0 spiro atoms. The fraction of sp³-hybridized carbons (Fsp3) is 0.455. The number of nitrogens with zero attached hydrogens (tertiary/aromatic N) is 4. The van der Waals surface area contributed by atoms with E-state index in [2.05, 4.69) is 25.3 Å². The summed E-state index contributed by atoms with van der Waals surface area (Å²) < 4.78 is 31.6. The van der Waals surface area contributed by atoms with Gasteiger partial charge < -0.3 is 25.7 Å². The highest BCUT2D eigenvalue weighted by Crippen LogP contribution is 2.46. The van der Waals surface area contributed by atoms with E-state index in [4.69, 9.17) is 5.41 Å². The summed E-state index contributed by atoms with van der Waals surface area (Å²) in [7, 11) is 1.72. The minimum Gasteiger partial charge on any atom is -0.375 e. The van der Waals surface area contributed by atoms with Crippen LogP contribution in [-0.2, 0) is 10.3 Å². The summed E-state index contributed by atoms with van der Waals surface area (Å²) in [4.78, 5) is 27.1. The number of rotatable bonds is 8. The normalized spacial score (nSPS) is 19.7. The van der Waals surface area contributed by atoms with Gasteiger partial charge in [-0.15, -0.1) is 11.3 Å². The van der Waals surface area contributed by atoms with Gasteiger partial charge >= 0.3 is 6.11 Å². The van der Waals surface area contributed by atoms with E-state index in [0.717, 1.165) is 16.0 Å². The Balaban J connectivity index is 1.50. The average Bonchev–Trinajstić information content (AvgIpc) is 3.31. The molecule has 2 aliphatic heterocycles. The molecule has 4 rings (SSSR count). The molecule has 0 bridgehead atoms. The second-order valence-electron chi connectivity index (χ2n) is 8.52. The second-order valence-corrected chi connectivity index (χ2v) is 9.57. The number of alkyl halides is 2. The van der Waals surface area contributed by atoms with Gasteiger partial charge in [-0.3, -0.25) is 9.69 Å². The molecule has 2 aromatic rings. The van der Waals surface area contributed by atoms with E-state index in [1.54, 1.807) is 35.2 Å². The summed E-state index contributed by atoms with van der Waals surface area (Å²) in [5.74, 6) is 0.829. The predicted molar refractivity (Wildman–Crippen MR) is 126 cm³/mol. The SMILES string of the molecule is CN/C(=C\C=N)Nc1nccc(-c2cc3c(s2)C(C)(C)N(CCN2CCOC(F)(F)C2)C3=O)n1. The van der Waals surface area contributed by atoms with E-state index in [-0.39, 0.29) is 12.5 Å². The van der Waals surface area contributed by atoms with Gasteiger partial charge in [-0.1, -0.05) is 0 Å². The standard InChI is InChI=1S/C22H27F2N7O2S/c1-21(2)18-14(19(32)31(21)9-8-30-10-11-33-22(23,24)13-30)12-16(34-18)15-5-7-27-20(28-15)29-17(26-3)4-6-25/h4-7,12,25-26H,8-11,13H2,1-3H3,(H,27,28,29)/b17-4+,25-6?. The Hall–Kier alpha value is -2.96. The Morgan fingerprint density at radius 3 is 2.85 bits per heavy atom. The van der Waals surface area contributed by atoms with E-state index >= 15 is 0 Å². The van der Waals surface area contributed by atoms with Crippen LogP contribution in [-0.4, -0.2) is 77.8 Å². The number of amides is 1. The first-order chi connectivity index (χ1) is 16.1. The Kier molecular flexibility index (Phi) is 6.65. The van der Waals surface area contributed by atoms with Crippen molar-refractivity contribution < 1.29 is 18.3 Å². The zero-order chi connectivity index (χ0) is 24.5. The van der Waals surface area contributed by atoms with Crippen molar-refractivity contribution in [2.24, 2.45) is 0 Å². The van der Waals surface area contributed by atoms with Gasteiger partial charge in [-0.25, -0.2) is 9.97 Å². The summed E-state index contributed by atoms with van der Waals surface area (Å²) >= 11 is 1.49. The number of fused-ring (bicyclic) bond motifs is 1. The number of thiophene rings is 1. The van der Waals surface area contributed by atoms with Crippen molar-refractivity contribution in [3.8, 4) is 10.6 Å². The molecular formula is C22H27F2N7O2S. The summed E-state index contributed by atoms with van der Waals surface area (Å²) in [5, 5.41) is 13.1. The van der Waals surface area contributed by atoms with E-state index in [1.807, 2.05) is 19.9 Å². The lowest BCUT2D eigenvalue weighted by molar-refractivity contribution is -0.270. The quantitative estimate of drug-likeness (QED) is 0.488. The van der Waals surface area contributed by atoms with E-state index in [1.165, 1.54) is 11.3 Å². The number of hydrogen-bond donors (Lipinski definition) is 3. The first kappa shape index (κ1) is 24.2. The fourth-order valence-corrected chi connectivity index (χ4v) is 5.35. The molecule has 2 aliphatic rings. The highest BCUT2D eigenvalue weighted by molar-refractivity contribution is 7.16. The van der Waals surface area contributed by atoms with E-state index in [0.29, 0.717) is 42.7 Å². The zero-order valence-corrected chi connectivity index (χ0v) is 20.0. The molecule has 0 aromatic carbocycles. The Morgan fingerprint density at radius 1 is 1.38 bits per heavy atom. The van der Waals surface area contributed by atoms with Crippen molar-refractivity contribution in [3.05, 3.63) is 40.7 Å². The molecule has 1 saturated heterocycles. The third kappa shape index (κ3) is 4.79. The zero-order valence-electron chi connectivity index (χ0n) is 19.2. The number of allylic oxidation sites excluding steroid dienone is 1. The molecular weight excluding hydrogens is 464 g/mol. The topological polar surface area (TPSA) is 106 Å². The average molecular weight is 492 g/mol. The Bertz CT molecular complexity index is 1120. The number of hydrogen-bond acceptors (Lipinski definition) is 9. The van der Waals surface area contributed by atoms with Gasteiger partial charge in [0.2, 0.25) is 5.95 Å².